The monoisotopic (exact) mass is 223 g/mol. The van der Waals surface area contributed by atoms with Gasteiger partial charge in [-0.05, 0) is 25.7 Å². The highest BCUT2D eigenvalue weighted by Crippen LogP contribution is 2.35. The molecule has 0 amide bonds. The molecule has 0 bridgehead atoms. The van der Waals surface area contributed by atoms with Crippen LogP contribution in [0.3, 0.4) is 0 Å². The second-order valence-electron chi connectivity index (χ2n) is 4.67. The predicted molar refractivity (Wildman–Crippen MR) is 61.0 cm³/mol. The Hall–Kier alpha value is -0.480. The Morgan fingerprint density at radius 3 is 2.67 bits per heavy atom. The van der Waals surface area contributed by atoms with Crippen molar-refractivity contribution in [2.24, 2.45) is 0 Å². The van der Waals surface area contributed by atoms with Crippen LogP contribution in [0.2, 0.25) is 0 Å². The number of nitrogens with one attached hydrogen (secondary N) is 1. The molecule has 1 aromatic heterocycles. The maximum Gasteiger partial charge on any atom is 0.131 e. The van der Waals surface area contributed by atoms with Crippen molar-refractivity contribution in [2.75, 3.05) is 0 Å². The van der Waals surface area contributed by atoms with E-state index in [2.05, 4.69) is 15.5 Å². The van der Waals surface area contributed by atoms with Crippen LogP contribution in [0.15, 0.2) is 0 Å². The third-order valence-electron chi connectivity index (χ3n) is 3.31. The van der Waals surface area contributed by atoms with Gasteiger partial charge >= 0.3 is 0 Å². The van der Waals surface area contributed by atoms with E-state index in [9.17, 15) is 0 Å². The number of hydrogen-bond acceptors (Lipinski definition) is 4. The summed E-state index contributed by atoms with van der Waals surface area (Å²) in [4.78, 5) is 0. The summed E-state index contributed by atoms with van der Waals surface area (Å²) in [7, 11) is 0. The number of rotatable bonds is 4. The second-order valence-corrected chi connectivity index (χ2v) is 5.76. The lowest BCUT2D eigenvalue weighted by Gasteiger charge is -2.01. The van der Waals surface area contributed by atoms with Gasteiger partial charge in [0.05, 0.1) is 0 Å². The summed E-state index contributed by atoms with van der Waals surface area (Å²) in [6, 6.07) is 0.767. The average molecular weight is 223 g/mol. The maximum atomic E-state index is 4.33. The van der Waals surface area contributed by atoms with Gasteiger partial charge in [0, 0.05) is 18.5 Å². The van der Waals surface area contributed by atoms with E-state index in [-0.39, 0.29) is 0 Å². The largest absolute Gasteiger partial charge is 0.308 e. The minimum absolute atomic E-state index is 0.720. The molecule has 82 valence electrons. The van der Waals surface area contributed by atoms with Gasteiger partial charge in [-0.25, -0.2) is 0 Å². The highest BCUT2D eigenvalue weighted by atomic mass is 32.1. The summed E-state index contributed by atoms with van der Waals surface area (Å²) in [5.41, 5.74) is 0. The van der Waals surface area contributed by atoms with E-state index in [1.807, 2.05) is 11.3 Å². The molecule has 0 radical (unpaired) electrons. The number of aromatic nitrogens is 2. The summed E-state index contributed by atoms with van der Waals surface area (Å²) in [6.45, 7) is 0.926. The molecule has 1 aromatic rings. The Labute approximate surface area is 94.3 Å². The first-order valence-corrected chi connectivity index (χ1v) is 6.79. The fraction of sp³-hybridized carbons (Fsp3) is 0.818. The normalized spacial score (nSPS) is 22.4. The summed E-state index contributed by atoms with van der Waals surface area (Å²) in [5, 5.41) is 14.5. The Kier molecular flexibility index (Phi) is 2.71. The molecule has 0 unspecified atom stereocenters. The molecule has 2 saturated carbocycles. The maximum absolute atomic E-state index is 4.33. The molecule has 1 heterocycles. The van der Waals surface area contributed by atoms with Gasteiger partial charge in [0.25, 0.3) is 0 Å². The van der Waals surface area contributed by atoms with Crippen molar-refractivity contribution in [3.63, 3.8) is 0 Å². The van der Waals surface area contributed by atoms with Crippen molar-refractivity contribution in [3.8, 4) is 0 Å². The Balaban J connectivity index is 1.59. The van der Waals surface area contributed by atoms with E-state index in [0.717, 1.165) is 18.5 Å². The first-order chi connectivity index (χ1) is 7.42. The zero-order valence-electron chi connectivity index (χ0n) is 8.91. The molecule has 3 rings (SSSR count). The van der Waals surface area contributed by atoms with Crippen LogP contribution in [0.5, 0.6) is 0 Å². The Bertz CT molecular complexity index is 326. The third-order valence-corrected chi connectivity index (χ3v) is 4.39. The number of nitrogens with zero attached hydrogens (tertiary/aromatic N) is 2. The van der Waals surface area contributed by atoms with E-state index in [4.69, 9.17) is 0 Å². The molecule has 0 aromatic carbocycles. The van der Waals surface area contributed by atoms with Gasteiger partial charge in [-0.2, -0.15) is 0 Å². The molecule has 2 aliphatic rings. The zero-order chi connectivity index (χ0) is 10.1. The number of hydrogen-bond donors (Lipinski definition) is 1. The third kappa shape index (κ3) is 2.37. The predicted octanol–water partition coefficient (Wildman–Crippen LogP) is 2.45. The van der Waals surface area contributed by atoms with Crippen LogP contribution in [0.25, 0.3) is 0 Å². The summed E-state index contributed by atoms with van der Waals surface area (Å²) in [6.07, 6.45) is 8.08. The fourth-order valence-corrected chi connectivity index (χ4v) is 3.16. The molecular weight excluding hydrogens is 206 g/mol. The van der Waals surface area contributed by atoms with Crippen molar-refractivity contribution >= 4 is 11.3 Å². The van der Waals surface area contributed by atoms with Crippen molar-refractivity contribution in [3.05, 3.63) is 10.0 Å². The standard InChI is InChI=1S/C11H17N3S/c1-2-4-8(3-1)11-14-13-10(15-11)7-12-9-5-6-9/h8-9,12H,1-7H2. The summed E-state index contributed by atoms with van der Waals surface area (Å²) >= 11 is 1.82. The lowest BCUT2D eigenvalue weighted by molar-refractivity contribution is 0.672. The zero-order valence-corrected chi connectivity index (χ0v) is 9.72. The molecule has 2 aliphatic carbocycles. The fourth-order valence-electron chi connectivity index (χ4n) is 2.19. The summed E-state index contributed by atoms with van der Waals surface area (Å²) < 4.78 is 0. The molecular formula is C11H17N3S. The van der Waals surface area contributed by atoms with E-state index >= 15 is 0 Å². The van der Waals surface area contributed by atoms with Gasteiger partial charge < -0.3 is 5.32 Å². The van der Waals surface area contributed by atoms with Crippen molar-refractivity contribution in [1.29, 1.82) is 0 Å². The molecule has 1 N–H and O–H groups in total. The van der Waals surface area contributed by atoms with Gasteiger partial charge in [-0.1, -0.05) is 24.2 Å². The highest BCUT2D eigenvalue weighted by Gasteiger charge is 2.23. The van der Waals surface area contributed by atoms with Crippen LogP contribution >= 0.6 is 11.3 Å². The van der Waals surface area contributed by atoms with Gasteiger partial charge in [-0.3, -0.25) is 0 Å². The molecule has 15 heavy (non-hydrogen) atoms. The molecule has 0 saturated heterocycles. The van der Waals surface area contributed by atoms with E-state index in [1.165, 1.54) is 48.5 Å². The molecule has 3 nitrogen and oxygen atoms in total. The first-order valence-electron chi connectivity index (χ1n) is 5.97. The van der Waals surface area contributed by atoms with Gasteiger partial charge in [-0.15, -0.1) is 10.2 Å². The van der Waals surface area contributed by atoms with Crippen LogP contribution in [0.4, 0.5) is 0 Å². The topological polar surface area (TPSA) is 37.8 Å². The highest BCUT2D eigenvalue weighted by molar-refractivity contribution is 7.11. The first kappa shape index (κ1) is 9.73. The lowest BCUT2D eigenvalue weighted by atomic mass is 10.1. The lowest BCUT2D eigenvalue weighted by Crippen LogP contribution is -2.14. The van der Waals surface area contributed by atoms with Crippen LogP contribution in [-0.2, 0) is 6.54 Å². The van der Waals surface area contributed by atoms with E-state index in [1.54, 1.807) is 0 Å². The second kappa shape index (κ2) is 4.18. The Morgan fingerprint density at radius 2 is 1.93 bits per heavy atom. The van der Waals surface area contributed by atoms with Crippen LogP contribution in [0.1, 0.15) is 54.5 Å². The molecule has 4 heteroatoms. The minimum Gasteiger partial charge on any atom is -0.308 e. The van der Waals surface area contributed by atoms with Crippen LogP contribution < -0.4 is 5.32 Å². The average Bonchev–Trinajstić information content (AvgIpc) is 2.78. The summed E-state index contributed by atoms with van der Waals surface area (Å²) in [5.74, 6) is 0.720. The Morgan fingerprint density at radius 1 is 1.13 bits per heavy atom. The van der Waals surface area contributed by atoms with E-state index < -0.39 is 0 Å². The van der Waals surface area contributed by atoms with Crippen molar-refractivity contribution < 1.29 is 0 Å². The SMILES string of the molecule is C1CCC(c2nnc(CNC3CC3)s2)C1. The molecule has 0 atom stereocenters. The van der Waals surface area contributed by atoms with Crippen molar-refractivity contribution in [2.45, 2.75) is 57.0 Å². The molecule has 0 spiro atoms. The molecule has 0 aliphatic heterocycles. The van der Waals surface area contributed by atoms with E-state index in [0.29, 0.717) is 0 Å². The smallest absolute Gasteiger partial charge is 0.131 e. The van der Waals surface area contributed by atoms with Crippen LogP contribution in [0, 0.1) is 0 Å². The quantitative estimate of drug-likeness (QED) is 0.852. The van der Waals surface area contributed by atoms with Crippen LogP contribution in [-0.4, -0.2) is 16.2 Å². The molecule has 2 fully saturated rings. The van der Waals surface area contributed by atoms with Gasteiger partial charge in [0.2, 0.25) is 0 Å². The van der Waals surface area contributed by atoms with Gasteiger partial charge in [0.15, 0.2) is 0 Å². The van der Waals surface area contributed by atoms with Crippen molar-refractivity contribution in [1.82, 2.24) is 15.5 Å². The van der Waals surface area contributed by atoms with Gasteiger partial charge in [0.1, 0.15) is 10.0 Å². The minimum atomic E-state index is 0.720.